The summed E-state index contributed by atoms with van der Waals surface area (Å²) in [4.78, 5) is 4.23. The lowest BCUT2D eigenvalue weighted by molar-refractivity contribution is 0.0893. The van der Waals surface area contributed by atoms with Gasteiger partial charge in [-0.3, -0.25) is 4.98 Å². The molecule has 1 aliphatic heterocycles. The van der Waals surface area contributed by atoms with E-state index >= 15 is 0 Å². The van der Waals surface area contributed by atoms with Crippen LogP contribution < -0.4 is 5.32 Å². The van der Waals surface area contributed by atoms with E-state index in [2.05, 4.69) is 10.3 Å². The van der Waals surface area contributed by atoms with Crippen molar-refractivity contribution in [3.63, 3.8) is 0 Å². The van der Waals surface area contributed by atoms with Gasteiger partial charge in [-0.2, -0.15) is 0 Å². The highest BCUT2D eigenvalue weighted by Crippen LogP contribution is 2.31. The Hall–Kier alpha value is -1.48. The molecule has 0 spiro atoms. The minimum Gasteiger partial charge on any atom is -0.310 e. The van der Waals surface area contributed by atoms with E-state index in [-0.39, 0.29) is 0 Å². The summed E-state index contributed by atoms with van der Waals surface area (Å²) in [5.41, 5.74) is 0.400. The van der Waals surface area contributed by atoms with Crippen molar-refractivity contribution in [1.82, 2.24) is 10.3 Å². The van der Waals surface area contributed by atoms with Gasteiger partial charge in [0.15, 0.2) is 5.67 Å². The monoisotopic (exact) mass is 202 g/mol. The second kappa shape index (κ2) is 3.00. The van der Waals surface area contributed by atoms with Crippen LogP contribution in [-0.4, -0.2) is 18.1 Å². The van der Waals surface area contributed by atoms with E-state index in [0.29, 0.717) is 13.1 Å². The number of rotatable bonds is 1. The topological polar surface area (TPSA) is 24.9 Å². The zero-order valence-electron chi connectivity index (χ0n) is 8.20. The van der Waals surface area contributed by atoms with Crippen molar-refractivity contribution < 1.29 is 4.39 Å². The quantitative estimate of drug-likeness (QED) is 0.765. The number of halogens is 1. The molecule has 1 saturated heterocycles. The lowest BCUT2D eigenvalue weighted by Gasteiger charge is -2.35. The molecule has 76 valence electrons. The zero-order chi connectivity index (χ0) is 10.3. The molecule has 15 heavy (non-hydrogen) atoms. The molecule has 2 heterocycles. The van der Waals surface area contributed by atoms with Gasteiger partial charge in [0.25, 0.3) is 0 Å². The lowest BCUT2D eigenvalue weighted by atomic mass is 9.89. The second-order valence-electron chi connectivity index (χ2n) is 3.98. The first kappa shape index (κ1) is 8.80. The van der Waals surface area contributed by atoms with Gasteiger partial charge in [-0.1, -0.05) is 18.2 Å². The number of pyridine rings is 1. The van der Waals surface area contributed by atoms with Crippen LogP contribution in [0.4, 0.5) is 4.39 Å². The van der Waals surface area contributed by atoms with Crippen LogP contribution in [0.5, 0.6) is 0 Å². The van der Waals surface area contributed by atoms with Gasteiger partial charge in [-0.05, 0) is 17.7 Å². The number of aromatic nitrogens is 1. The van der Waals surface area contributed by atoms with Crippen LogP contribution in [0.1, 0.15) is 5.56 Å². The number of nitrogens with zero attached hydrogens (tertiary/aromatic N) is 1. The van der Waals surface area contributed by atoms with Gasteiger partial charge in [-0.15, -0.1) is 0 Å². The van der Waals surface area contributed by atoms with Crippen molar-refractivity contribution in [3.8, 4) is 0 Å². The minimum atomic E-state index is -1.19. The van der Waals surface area contributed by atoms with E-state index in [1.54, 1.807) is 6.20 Å². The van der Waals surface area contributed by atoms with Gasteiger partial charge in [0.1, 0.15) is 0 Å². The predicted molar refractivity (Wildman–Crippen MR) is 57.4 cm³/mol. The molecule has 1 fully saturated rings. The maximum Gasteiger partial charge on any atom is 0.160 e. The third kappa shape index (κ3) is 1.31. The maximum absolute atomic E-state index is 14.1. The molecule has 2 aromatic rings. The summed E-state index contributed by atoms with van der Waals surface area (Å²) >= 11 is 0. The fraction of sp³-hybridized carbons (Fsp3) is 0.250. The molecular weight excluding hydrogens is 191 g/mol. The molecule has 0 bridgehead atoms. The number of fused-ring (bicyclic) bond motifs is 1. The van der Waals surface area contributed by atoms with E-state index in [4.69, 9.17) is 0 Å². The molecule has 1 aromatic carbocycles. The Labute approximate surface area is 87.1 Å². The van der Waals surface area contributed by atoms with E-state index in [0.717, 1.165) is 16.5 Å². The van der Waals surface area contributed by atoms with Crippen LogP contribution in [0.15, 0.2) is 36.5 Å². The number of nitrogens with one attached hydrogen (secondary N) is 1. The number of alkyl halides is 1. The Morgan fingerprint density at radius 3 is 2.87 bits per heavy atom. The highest BCUT2D eigenvalue weighted by molar-refractivity contribution is 5.79. The highest BCUT2D eigenvalue weighted by Gasteiger charge is 2.38. The van der Waals surface area contributed by atoms with Crippen LogP contribution in [0.25, 0.3) is 10.9 Å². The van der Waals surface area contributed by atoms with Crippen molar-refractivity contribution in [3.05, 3.63) is 42.1 Å². The molecule has 3 heteroatoms. The molecule has 1 aromatic heterocycles. The van der Waals surface area contributed by atoms with Gasteiger partial charge in [0.2, 0.25) is 0 Å². The minimum absolute atomic E-state index is 0.408. The van der Waals surface area contributed by atoms with Crippen LogP contribution in [0.3, 0.4) is 0 Å². The van der Waals surface area contributed by atoms with Gasteiger partial charge in [-0.25, -0.2) is 4.39 Å². The van der Waals surface area contributed by atoms with Crippen LogP contribution in [0.2, 0.25) is 0 Å². The Morgan fingerprint density at radius 2 is 2.13 bits per heavy atom. The first-order valence-corrected chi connectivity index (χ1v) is 5.03. The molecule has 2 nitrogen and oxygen atoms in total. The molecule has 0 amide bonds. The van der Waals surface area contributed by atoms with Crippen molar-refractivity contribution >= 4 is 10.9 Å². The fourth-order valence-electron chi connectivity index (χ4n) is 1.89. The van der Waals surface area contributed by atoms with Crippen molar-refractivity contribution in [2.45, 2.75) is 5.67 Å². The van der Waals surface area contributed by atoms with Crippen LogP contribution in [-0.2, 0) is 5.67 Å². The molecule has 1 aliphatic rings. The molecule has 1 N–H and O–H groups in total. The Morgan fingerprint density at radius 1 is 1.27 bits per heavy atom. The molecular formula is C12H11FN2. The molecule has 3 rings (SSSR count). The van der Waals surface area contributed by atoms with E-state index in [9.17, 15) is 4.39 Å². The van der Waals surface area contributed by atoms with E-state index in [1.165, 1.54) is 0 Å². The lowest BCUT2D eigenvalue weighted by Crippen LogP contribution is -2.53. The van der Waals surface area contributed by atoms with E-state index < -0.39 is 5.67 Å². The van der Waals surface area contributed by atoms with Crippen LogP contribution in [0, 0.1) is 0 Å². The third-order valence-corrected chi connectivity index (χ3v) is 2.93. The van der Waals surface area contributed by atoms with Gasteiger partial charge < -0.3 is 5.32 Å². The summed E-state index contributed by atoms with van der Waals surface area (Å²) in [6.45, 7) is 0.816. The SMILES string of the molecule is FC1(c2ccc3cccnc3c2)CNC1. The maximum atomic E-state index is 14.1. The van der Waals surface area contributed by atoms with Crippen molar-refractivity contribution in [1.29, 1.82) is 0 Å². The van der Waals surface area contributed by atoms with Gasteiger partial charge >= 0.3 is 0 Å². The van der Waals surface area contributed by atoms with Crippen LogP contribution >= 0.6 is 0 Å². The molecule has 0 unspecified atom stereocenters. The van der Waals surface area contributed by atoms with Crippen molar-refractivity contribution in [2.75, 3.05) is 13.1 Å². The Balaban J connectivity index is 2.14. The fourth-order valence-corrected chi connectivity index (χ4v) is 1.89. The molecule has 0 atom stereocenters. The summed E-state index contributed by atoms with van der Waals surface area (Å²) in [5.74, 6) is 0. The normalized spacial score (nSPS) is 18.7. The largest absolute Gasteiger partial charge is 0.310 e. The summed E-state index contributed by atoms with van der Waals surface area (Å²) < 4.78 is 14.1. The standard InChI is InChI=1S/C12H11FN2/c13-12(7-14-8-12)10-4-3-9-2-1-5-15-11(9)6-10/h1-6,14H,7-8H2. The summed E-state index contributed by atoms with van der Waals surface area (Å²) in [5, 5.41) is 4.01. The predicted octanol–water partition coefficient (Wildman–Crippen LogP) is 2.00. The number of hydrogen-bond acceptors (Lipinski definition) is 2. The van der Waals surface area contributed by atoms with Gasteiger partial charge in [0, 0.05) is 24.7 Å². The number of benzene rings is 1. The zero-order valence-corrected chi connectivity index (χ0v) is 8.20. The van der Waals surface area contributed by atoms with Crippen molar-refractivity contribution in [2.24, 2.45) is 0 Å². The first-order valence-electron chi connectivity index (χ1n) is 5.03. The molecule has 0 aliphatic carbocycles. The Bertz CT molecular complexity index is 506. The van der Waals surface area contributed by atoms with E-state index in [1.807, 2.05) is 30.3 Å². The smallest absolute Gasteiger partial charge is 0.160 e. The summed E-state index contributed by atoms with van der Waals surface area (Å²) in [6.07, 6.45) is 1.73. The number of hydrogen-bond donors (Lipinski definition) is 1. The van der Waals surface area contributed by atoms with Gasteiger partial charge in [0.05, 0.1) is 5.52 Å². The molecule has 0 radical (unpaired) electrons. The summed E-state index contributed by atoms with van der Waals surface area (Å²) in [6, 6.07) is 9.49. The average Bonchev–Trinajstić information content (AvgIpc) is 2.25. The summed E-state index contributed by atoms with van der Waals surface area (Å²) in [7, 11) is 0. The Kier molecular flexibility index (Phi) is 1.76. The average molecular weight is 202 g/mol. The second-order valence-corrected chi connectivity index (χ2v) is 3.98. The molecule has 0 saturated carbocycles. The highest BCUT2D eigenvalue weighted by atomic mass is 19.1. The third-order valence-electron chi connectivity index (χ3n) is 2.93. The first-order chi connectivity index (χ1) is 7.28.